The van der Waals surface area contributed by atoms with Crippen LogP contribution < -0.4 is 0 Å². The Morgan fingerprint density at radius 3 is 1.17 bits per heavy atom. The van der Waals surface area contributed by atoms with Crippen LogP contribution in [0.5, 0.6) is 0 Å². The van der Waals surface area contributed by atoms with Crippen molar-refractivity contribution in [2.75, 3.05) is 0 Å². The Morgan fingerprint density at radius 2 is 0.652 bits per heavy atom. The van der Waals surface area contributed by atoms with Gasteiger partial charge >= 0.3 is 63.2 Å². The van der Waals surface area contributed by atoms with Crippen molar-refractivity contribution >= 4 is 98.7 Å². The van der Waals surface area contributed by atoms with Crippen molar-refractivity contribution in [1.29, 1.82) is 0 Å². The van der Waals surface area contributed by atoms with Crippen LogP contribution in [0.2, 0.25) is 0 Å². The van der Waals surface area contributed by atoms with E-state index in [-0.39, 0.29) is 63.2 Å². The Kier molecular flexibility index (Phi) is 22.0. The Labute approximate surface area is 810 Å². The number of aromatic nitrogens is 21. The van der Waals surface area contributed by atoms with Crippen LogP contribution in [-0.4, -0.2) is 102 Å². The van der Waals surface area contributed by atoms with E-state index in [0.29, 0.717) is 28.8 Å². The molecule has 0 aliphatic heterocycles. The molecule has 0 aliphatic rings. The molecule has 135 heavy (non-hydrogen) atoms. The van der Waals surface area contributed by atoms with Crippen molar-refractivity contribution in [3.8, 4) is 119 Å². The van der Waals surface area contributed by atoms with E-state index >= 15 is 0 Å². The summed E-state index contributed by atoms with van der Waals surface area (Å²) in [5, 5.41) is 32.9. The molecule has 27 heteroatoms. The number of benzene rings is 12. The van der Waals surface area contributed by atoms with Gasteiger partial charge in [-0.25, -0.2) is 23.4 Å². The summed E-state index contributed by atoms with van der Waals surface area (Å²) in [6.45, 7) is 0. The first kappa shape index (κ1) is 83.8. The summed E-state index contributed by atoms with van der Waals surface area (Å²) in [5.74, 6) is 1.52. The van der Waals surface area contributed by atoms with Crippen LogP contribution in [-0.2, 0) is 63.2 Å². The van der Waals surface area contributed by atoms with Gasteiger partial charge in [-0.1, -0.05) is 93.5 Å². The topological polar surface area (TPSA) is 238 Å². The van der Waals surface area contributed by atoms with Gasteiger partial charge in [0.05, 0.1) is 45.0 Å². The van der Waals surface area contributed by atoms with Gasteiger partial charge in [0.15, 0.2) is 0 Å². The first-order valence-corrected chi connectivity index (χ1v) is 42.4. The molecule has 0 saturated carbocycles. The van der Waals surface area contributed by atoms with Gasteiger partial charge in [0, 0.05) is 121 Å². The van der Waals surface area contributed by atoms with E-state index in [0.717, 1.165) is 189 Å². The number of hydrogen-bond acceptors (Lipinski definition) is 15. The third-order valence-electron chi connectivity index (χ3n) is 23.3. The zero-order valence-electron chi connectivity index (χ0n) is 70.4. The molecule has 24 nitrogen and oxygen atoms in total. The molecule has 0 amide bonds. The van der Waals surface area contributed by atoms with Crippen molar-refractivity contribution in [3.63, 3.8) is 0 Å². The molecular weight excluding hydrogens is 2220 g/mol. The maximum absolute atomic E-state index is 6.29. The van der Waals surface area contributed by atoms with Crippen molar-refractivity contribution in [1.82, 2.24) is 102 Å². The molecule has 27 aromatic rings. The predicted molar refractivity (Wildman–Crippen MR) is 507 cm³/mol. The minimum Gasteiger partial charge on any atom is -0.481 e. The molecule has 0 radical (unpaired) electrons. The molecule has 0 fully saturated rings. The van der Waals surface area contributed by atoms with E-state index < -0.39 is 0 Å². The third kappa shape index (κ3) is 15.5. The summed E-state index contributed by atoms with van der Waals surface area (Å²) in [4.78, 5) is 28.3. The van der Waals surface area contributed by atoms with Crippen molar-refractivity contribution in [3.05, 3.63) is 421 Å². The fourth-order valence-electron chi connectivity index (χ4n) is 17.2. The molecule has 0 unspecified atom stereocenters. The van der Waals surface area contributed by atoms with Gasteiger partial charge < -0.3 is 41.9 Å². The second-order valence-electron chi connectivity index (χ2n) is 31.2. The quantitative estimate of drug-likeness (QED) is 0.0867. The Morgan fingerprint density at radius 1 is 0.237 bits per heavy atom. The SMILES string of the molecule is [Pt+2].[Pt+2].[Pt+2].[c-]1c(-c2ccc(-n3cccn3)cn2)ccc(-n2cccn2)c1-n1c2[c-]c(-c3nc4ccccc4o3)ccc2c2ccccc21.[c-]1c(-c2ccccn2)cccc1-n1c2[c-]c(-c3nc4cc(-n5cccn5)ccc4o3)ccc2c2cc(-n3cccn3)ccc21.[c-]1c(-c2ccccn2)cccc1-n1c2[c-]c(-c3nc4ccc(-n5cccn5)cc4o3)ccc2c2cc(-n3cccn3)ccc21. The number of pyridine rings is 3. The first-order chi connectivity index (χ1) is 65.4. The standard InChI is InChI=1S/3C36H21N7O.3Pt/c1-3-9-31-27(7-1)28-14-11-25(36-40-30-8-2-4-10-35(30)44-36)22-33(28)43(31)34-21-24(12-16-32(34)42-20-6-18-39-42)29-15-13-26(23-37-29)41-19-5-17-38-41;1-2-15-37-31(8-1)24-6-3-7-28(20-24)43-33-14-11-26(41-18-4-16-38-41)22-30(33)29-12-9-25(21-34(29)43)36-40-32-13-10-27(23-35(32)44-36)42-19-5-17-39-42;1-2-15-37-31(8-1)24-6-3-7-28(20-24)43-33-13-10-26(41-18-4-16-38-41)22-30(33)29-12-9-25(21-34(29)43)36-40-32-23-27(11-14-35(32)44-36)42-19-5-17-39-42;;;/h1-20,23H;2*1-19,22-23H;;;/q3*-2;3*+2. The minimum atomic E-state index is 0. The van der Waals surface area contributed by atoms with Gasteiger partial charge in [-0.2, -0.15) is 30.6 Å². The van der Waals surface area contributed by atoms with Crippen LogP contribution in [0.4, 0.5) is 0 Å². The third-order valence-corrected chi connectivity index (χ3v) is 23.3. The van der Waals surface area contributed by atoms with Crippen molar-refractivity contribution in [2.45, 2.75) is 0 Å². The molecule has 0 N–H and O–H groups in total. The molecule has 12 aromatic carbocycles. The smallest absolute Gasteiger partial charge is 0.481 e. The van der Waals surface area contributed by atoms with Crippen molar-refractivity contribution in [2.24, 2.45) is 0 Å². The minimum absolute atomic E-state index is 0. The molecule has 27 rings (SSSR count). The van der Waals surface area contributed by atoms with E-state index in [2.05, 4.69) is 182 Å². The summed E-state index contributed by atoms with van der Waals surface area (Å²) in [7, 11) is 0. The van der Waals surface area contributed by atoms with Gasteiger partial charge in [0.25, 0.3) is 0 Å². The molecule has 0 bridgehead atoms. The van der Waals surface area contributed by atoms with Gasteiger partial charge in [-0.15, -0.1) is 138 Å². The van der Waals surface area contributed by atoms with Gasteiger partial charge in [0.2, 0.25) is 0 Å². The average molecular weight is 2290 g/mol. The number of para-hydroxylation sites is 3. The van der Waals surface area contributed by atoms with E-state index in [1.165, 1.54) is 0 Å². The van der Waals surface area contributed by atoms with Gasteiger partial charge in [0.1, 0.15) is 34.4 Å². The molecule has 0 saturated heterocycles. The Hall–Kier alpha value is -16.8. The number of oxazole rings is 3. The summed E-state index contributed by atoms with van der Waals surface area (Å²) >= 11 is 0. The summed E-state index contributed by atoms with van der Waals surface area (Å²) in [5.41, 5.74) is 25.8. The zero-order valence-corrected chi connectivity index (χ0v) is 77.3. The van der Waals surface area contributed by atoms with Gasteiger partial charge in [-0.3, -0.25) is 19.6 Å². The van der Waals surface area contributed by atoms with Crippen LogP contribution in [0, 0.1) is 36.4 Å². The normalized spacial score (nSPS) is 11.4. The molecule has 648 valence electrons. The molecule has 15 aromatic heterocycles. The monoisotopic (exact) mass is 2290 g/mol. The Bertz CT molecular complexity index is 8600. The van der Waals surface area contributed by atoms with Gasteiger partial charge in [-0.05, 0) is 206 Å². The summed E-state index contributed by atoms with van der Waals surface area (Å²) < 4.78 is 36.2. The number of rotatable bonds is 15. The van der Waals surface area contributed by atoms with E-state index in [9.17, 15) is 0 Å². The Balaban J connectivity index is 0.000000116. The maximum atomic E-state index is 6.29. The zero-order chi connectivity index (χ0) is 87.1. The van der Waals surface area contributed by atoms with E-state index in [1.807, 2.05) is 258 Å². The number of nitrogens with zero attached hydrogens (tertiary/aromatic N) is 21. The molecule has 0 atom stereocenters. The van der Waals surface area contributed by atoms with Crippen LogP contribution in [0.25, 0.3) is 218 Å². The summed E-state index contributed by atoms with van der Waals surface area (Å²) in [6, 6.07) is 118. The number of hydrogen-bond donors (Lipinski definition) is 0. The number of fused-ring (bicyclic) bond motifs is 12. The van der Waals surface area contributed by atoms with Crippen LogP contribution >= 0.6 is 0 Å². The van der Waals surface area contributed by atoms with Crippen LogP contribution in [0.15, 0.2) is 397 Å². The second-order valence-corrected chi connectivity index (χ2v) is 31.2. The van der Waals surface area contributed by atoms with Crippen molar-refractivity contribution < 1.29 is 76.4 Å². The molecular formula is C108H63N21O3Pt3. The fraction of sp³-hybridized carbons (Fsp3) is 0. The summed E-state index contributed by atoms with van der Waals surface area (Å²) in [6.07, 6.45) is 27.5. The molecule has 0 spiro atoms. The first-order valence-electron chi connectivity index (χ1n) is 42.4. The largest absolute Gasteiger partial charge is 2.00 e. The average Bonchev–Trinajstić information content (AvgIpc) is 1.59. The van der Waals surface area contributed by atoms with Crippen LogP contribution in [0.1, 0.15) is 0 Å². The second kappa shape index (κ2) is 35.5. The predicted octanol–water partition coefficient (Wildman–Crippen LogP) is 22.9. The van der Waals surface area contributed by atoms with E-state index in [1.54, 1.807) is 63.6 Å². The maximum Gasteiger partial charge on any atom is 2.00 e. The van der Waals surface area contributed by atoms with Crippen LogP contribution in [0.3, 0.4) is 0 Å². The fourth-order valence-corrected chi connectivity index (χ4v) is 17.2. The molecule has 0 aliphatic carbocycles. The van der Waals surface area contributed by atoms with E-state index in [4.69, 9.17) is 33.2 Å². The molecule has 15 heterocycles.